The van der Waals surface area contributed by atoms with E-state index in [1.165, 1.54) is 0 Å². The van der Waals surface area contributed by atoms with Crippen LogP contribution in [0.1, 0.15) is 12.8 Å². The molecule has 2 aromatic rings. The van der Waals surface area contributed by atoms with E-state index in [1.54, 1.807) is 31.9 Å². The summed E-state index contributed by atoms with van der Waals surface area (Å²) in [6.07, 6.45) is 8.67. The standard InChI is InChI=1S/C21H27N7O/c1-24-11-15(10-22)13-28-9-3-5-17(14-28)20(23)27-21(29)26-19-6-2-4-16-12-25-8-7-18(16)19/h2,4,6-8,10-12,17H,3,5,9,13-14,22H2,1H3,(H3,23,26,27,29)/b15-10+,24-11?. The molecule has 1 unspecified atom stereocenters. The number of carbonyl (C=O) groups is 1. The first kappa shape index (κ1) is 20.5. The van der Waals surface area contributed by atoms with Gasteiger partial charge in [0.2, 0.25) is 0 Å². The van der Waals surface area contributed by atoms with E-state index in [0.717, 1.165) is 42.3 Å². The second-order valence-electron chi connectivity index (χ2n) is 7.07. The van der Waals surface area contributed by atoms with Crippen LogP contribution in [0.3, 0.4) is 0 Å². The van der Waals surface area contributed by atoms with Gasteiger partial charge in [0.25, 0.3) is 0 Å². The first-order valence-electron chi connectivity index (χ1n) is 9.63. The molecule has 0 saturated carbocycles. The van der Waals surface area contributed by atoms with Crippen molar-refractivity contribution in [3.63, 3.8) is 0 Å². The lowest BCUT2D eigenvalue weighted by Crippen LogP contribution is -2.42. The van der Waals surface area contributed by atoms with Crippen LogP contribution in [0, 0.1) is 5.92 Å². The average Bonchev–Trinajstić information content (AvgIpc) is 2.74. The highest BCUT2D eigenvalue weighted by Crippen LogP contribution is 2.22. The third-order valence-electron chi connectivity index (χ3n) is 4.99. The molecule has 152 valence electrons. The lowest BCUT2D eigenvalue weighted by atomic mass is 9.96. The van der Waals surface area contributed by atoms with Crippen molar-refractivity contribution < 1.29 is 4.79 Å². The third kappa shape index (κ3) is 5.39. The molecule has 1 atom stereocenters. The SMILES string of the molecule is CN=C/C(=C\N)CN1CCCC(/C(N)=N/C(=O)Nc2cccc3cnccc23)C1. The number of amidine groups is 1. The predicted octanol–water partition coefficient (Wildman–Crippen LogP) is 2.38. The van der Waals surface area contributed by atoms with E-state index < -0.39 is 6.03 Å². The zero-order chi connectivity index (χ0) is 20.6. The highest BCUT2D eigenvalue weighted by Gasteiger charge is 2.23. The Kier molecular flexibility index (Phi) is 6.91. The number of hydrogen-bond acceptors (Lipinski definition) is 5. The van der Waals surface area contributed by atoms with Crippen molar-refractivity contribution >= 4 is 34.5 Å². The molecule has 0 bridgehead atoms. The summed E-state index contributed by atoms with van der Waals surface area (Å²) in [5.74, 6) is 0.389. The number of likely N-dealkylation sites (tertiary alicyclic amines) is 1. The summed E-state index contributed by atoms with van der Waals surface area (Å²) in [7, 11) is 1.72. The Bertz CT molecular complexity index is 946. The minimum atomic E-state index is -0.468. The molecule has 1 aliphatic rings. The normalized spacial score (nSPS) is 19.0. The van der Waals surface area contributed by atoms with Gasteiger partial charge in [-0.3, -0.25) is 14.9 Å². The van der Waals surface area contributed by atoms with E-state index in [9.17, 15) is 4.79 Å². The summed E-state index contributed by atoms with van der Waals surface area (Å²) in [4.78, 5) is 26.9. The fourth-order valence-electron chi connectivity index (χ4n) is 3.58. The Morgan fingerprint density at radius 2 is 2.28 bits per heavy atom. The molecule has 8 heteroatoms. The van der Waals surface area contributed by atoms with Gasteiger partial charge in [-0.1, -0.05) is 12.1 Å². The first-order chi connectivity index (χ1) is 14.1. The number of hydrogen-bond donors (Lipinski definition) is 3. The first-order valence-corrected chi connectivity index (χ1v) is 9.63. The largest absolute Gasteiger partial charge is 0.404 e. The maximum absolute atomic E-state index is 12.4. The number of fused-ring (bicyclic) bond motifs is 1. The summed E-state index contributed by atoms with van der Waals surface area (Å²) in [6, 6.07) is 7.04. The predicted molar refractivity (Wildman–Crippen MR) is 118 cm³/mol. The summed E-state index contributed by atoms with van der Waals surface area (Å²) >= 11 is 0. The minimum absolute atomic E-state index is 0.0313. The maximum atomic E-state index is 12.4. The summed E-state index contributed by atoms with van der Waals surface area (Å²) in [5, 5.41) is 4.69. The number of benzene rings is 1. The van der Waals surface area contributed by atoms with E-state index in [-0.39, 0.29) is 5.92 Å². The van der Waals surface area contributed by atoms with Crippen molar-refractivity contribution in [3.8, 4) is 0 Å². The number of pyridine rings is 1. The smallest absolute Gasteiger partial charge is 0.347 e. The highest BCUT2D eigenvalue weighted by atomic mass is 16.2. The molecule has 1 fully saturated rings. The van der Waals surface area contributed by atoms with Crippen LogP contribution in [0.15, 0.2) is 58.4 Å². The van der Waals surface area contributed by atoms with E-state index in [0.29, 0.717) is 18.1 Å². The fraction of sp³-hybridized carbons (Fsp3) is 0.333. The van der Waals surface area contributed by atoms with E-state index in [2.05, 4.69) is 25.2 Å². The van der Waals surface area contributed by atoms with Gasteiger partial charge in [-0.25, -0.2) is 4.79 Å². The number of piperidine rings is 1. The lowest BCUT2D eigenvalue weighted by Gasteiger charge is -2.32. The zero-order valence-corrected chi connectivity index (χ0v) is 16.6. The number of nitrogens with one attached hydrogen (secondary N) is 1. The lowest BCUT2D eigenvalue weighted by molar-refractivity contribution is 0.221. The van der Waals surface area contributed by atoms with E-state index >= 15 is 0 Å². The quantitative estimate of drug-likeness (QED) is 0.532. The number of nitrogens with zero attached hydrogens (tertiary/aromatic N) is 4. The summed E-state index contributed by atoms with van der Waals surface area (Å²) in [6.45, 7) is 2.39. The van der Waals surface area contributed by atoms with Crippen molar-refractivity contribution in [2.24, 2.45) is 27.4 Å². The molecule has 0 radical (unpaired) electrons. The van der Waals surface area contributed by atoms with Crippen LogP contribution in [-0.2, 0) is 0 Å². The van der Waals surface area contributed by atoms with Crippen molar-refractivity contribution in [1.82, 2.24) is 9.88 Å². The molecular weight excluding hydrogens is 366 g/mol. The number of anilines is 1. The number of nitrogens with two attached hydrogens (primary N) is 2. The van der Waals surface area contributed by atoms with Crippen molar-refractivity contribution in [1.29, 1.82) is 0 Å². The summed E-state index contributed by atoms with van der Waals surface area (Å²) in [5.41, 5.74) is 13.5. The molecule has 2 amide bonds. The Balaban J connectivity index is 1.65. The van der Waals surface area contributed by atoms with Crippen molar-refractivity contribution in [2.75, 3.05) is 32.0 Å². The molecule has 1 saturated heterocycles. The van der Waals surface area contributed by atoms with Gasteiger partial charge < -0.3 is 16.8 Å². The molecule has 8 nitrogen and oxygen atoms in total. The maximum Gasteiger partial charge on any atom is 0.347 e. The van der Waals surface area contributed by atoms with Gasteiger partial charge in [0.05, 0.1) is 5.69 Å². The van der Waals surface area contributed by atoms with Gasteiger partial charge in [0.15, 0.2) is 0 Å². The molecule has 0 spiro atoms. The van der Waals surface area contributed by atoms with Crippen molar-refractivity contribution in [2.45, 2.75) is 12.8 Å². The third-order valence-corrected chi connectivity index (χ3v) is 4.99. The topological polar surface area (TPSA) is 122 Å². The fourth-order valence-corrected chi connectivity index (χ4v) is 3.58. The number of aliphatic imine (C=N–C) groups is 2. The molecule has 29 heavy (non-hydrogen) atoms. The molecule has 0 aliphatic carbocycles. The van der Waals surface area contributed by atoms with Crippen LogP contribution in [0.5, 0.6) is 0 Å². The van der Waals surface area contributed by atoms with Gasteiger partial charge in [-0.05, 0) is 43.3 Å². The number of rotatable bonds is 5. The Hall–Kier alpha value is -3.26. The van der Waals surface area contributed by atoms with Crippen LogP contribution < -0.4 is 16.8 Å². The van der Waals surface area contributed by atoms with Gasteiger partial charge in [0, 0.05) is 55.4 Å². The molecule has 1 aromatic heterocycles. The summed E-state index contributed by atoms with van der Waals surface area (Å²) < 4.78 is 0. The molecule has 1 aliphatic heterocycles. The van der Waals surface area contributed by atoms with Gasteiger partial charge in [-0.2, -0.15) is 4.99 Å². The minimum Gasteiger partial charge on any atom is -0.404 e. The average molecular weight is 393 g/mol. The number of urea groups is 1. The van der Waals surface area contributed by atoms with E-state index in [1.807, 2.05) is 24.3 Å². The Labute approximate surface area is 170 Å². The molecule has 1 aromatic carbocycles. The Morgan fingerprint density at radius 1 is 1.41 bits per heavy atom. The Morgan fingerprint density at radius 3 is 3.07 bits per heavy atom. The molecular formula is C21H27N7O. The van der Waals surface area contributed by atoms with Crippen LogP contribution in [-0.4, -0.2) is 54.6 Å². The van der Waals surface area contributed by atoms with E-state index in [4.69, 9.17) is 11.5 Å². The van der Waals surface area contributed by atoms with Crippen LogP contribution in [0.4, 0.5) is 10.5 Å². The second-order valence-corrected chi connectivity index (χ2v) is 7.07. The van der Waals surface area contributed by atoms with Gasteiger partial charge in [0.1, 0.15) is 5.84 Å². The number of carbonyl (C=O) groups excluding carboxylic acids is 1. The van der Waals surface area contributed by atoms with Gasteiger partial charge >= 0.3 is 6.03 Å². The monoisotopic (exact) mass is 393 g/mol. The molecule has 3 rings (SSSR count). The van der Waals surface area contributed by atoms with Crippen LogP contribution in [0.25, 0.3) is 10.8 Å². The van der Waals surface area contributed by atoms with Crippen LogP contribution >= 0.6 is 0 Å². The number of amides is 2. The molecule has 5 N–H and O–H groups in total. The van der Waals surface area contributed by atoms with Crippen LogP contribution in [0.2, 0.25) is 0 Å². The van der Waals surface area contributed by atoms with Gasteiger partial charge in [-0.15, -0.1) is 0 Å². The highest BCUT2D eigenvalue weighted by molar-refractivity contribution is 6.05. The molecule has 2 heterocycles. The second kappa shape index (κ2) is 9.79. The van der Waals surface area contributed by atoms with Crippen molar-refractivity contribution in [3.05, 3.63) is 48.4 Å². The zero-order valence-electron chi connectivity index (χ0n) is 16.6. The number of aromatic nitrogens is 1.